The van der Waals surface area contributed by atoms with Gasteiger partial charge < -0.3 is 36.6 Å². The molecule has 2 fully saturated rings. The molecular formula is C31H46N2O8. The SMILES string of the molecule is CCC(O)CNc1cc(C(C)C)c2c(c1O)C(=O)[C@@H]1C(O)[C@@]3(O)C(=O)[C@H](C(N)=O)C(O)[C@H](C(C)C)[C@@]3(C)C[C@@]1(C)C2. The number of rotatable bonds is 7. The number of amides is 1. The number of ketones is 2. The van der Waals surface area contributed by atoms with E-state index >= 15 is 0 Å². The Balaban J connectivity index is 1.94. The van der Waals surface area contributed by atoms with Gasteiger partial charge in [-0.15, -0.1) is 0 Å². The van der Waals surface area contributed by atoms with Gasteiger partial charge in [-0.05, 0) is 59.6 Å². The second-order valence-corrected chi connectivity index (χ2v) is 13.8. The standard InChI is InChI=1S/C31H46N2O8/c1-8-15(34)11-33-18-9-16(13(2)3)17-10-29(6)12-30(7)21(14(4)5)25(37)20(28(32)40)26(38)31(30,41)27(39)22(29)24(36)19(17)23(18)35/h9,13-15,20-22,25,27,33-35,37,39,41H,8,10-12H2,1-7H3,(H2,32,40)/t15?,20-,21+,22-,25?,27?,29-,30-,31+/m1/s1. The monoisotopic (exact) mass is 574 g/mol. The van der Waals surface area contributed by atoms with Crippen LogP contribution in [-0.4, -0.2) is 73.5 Å². The average Bonchev–Trinajstić information content (AvgIpc) is 2.84. The molecule has 10 heteroatoms. The molecule has 0 heterocycles. The zero-order valence-corrected chi connectivity index (χ0v) is 25.1. The number of nitrogens with two attached hydrogens (primary N) is 1. The van der Waals surface area contributed by atoms with Crippen LogP contribution in [-0.2, 0) is 16.0 Å². The molecule has 3 aliphatic carbocycles. The van der Waals surface area contributed by atoms with Gasteiger partial charge in [0.05, 0.1) is 29.4 Å². The van der Waals surface area contributed by atoms with Crippen molar-refractivity contribution < 1.29 is 39.9 Å². The van der Waals surface area contributed by atoms with E-state index in [1.165, 1.54) is 0 Å². The average molecular weight is 575 g/mol. The largest absolute Gasteiger partial charge is 0.505 e. The molecule has 3 unspecified atom stereocenters. The number of nitrogens with one attached hydrogen (secondary N) is 1. The van der Waals surface area contributed by atoms with Gasteiger partial charge in [-0.3, -0.25) is 14.4 Å². The van der Waals surface area contributed by atoms with Crippen LogP contribution in [0.2, 0.25) is 0 Å². The molecule has 0 aromatic heterocycles. The number of carbonyl (C=O) groups is 3. The van der Waals surface area contributed by atoms with Crippen LogP contribution in [0.1, 0.15) is 88.7 Å². The summed E-state index contributed by atoms with van der Waals surface area (Å²) < 4.78 is 0. The smallest absolute Gasteiger partial charge is 0.230 e. The minimum atomic E-state index is -2.55. The topological polar surface area (TPSA) is 190 Å². The first kappa shape index (κ1) is 31.4. The fourth-order valence-electron chi connectivity index (χ4n) is 8.65. The Morgan fingerprint density at radius 2 is 1.78 bits per heavy atom. The van der Waals surface area contributed by atoms with Crippen LogP contribution in [0.3, 0.4) is 0 Å². The van der Waals surface area contributed by atoms with Crippen molar-refractivity contribution in [2.45, 2.75) is 97.6 Å². The number of anilines is 1. The summed E-state index contributed by atoms with van der Waals surface area (Å²) >= 11 is 0. The van der Waals surface area contributed by atoms with E-state index in [4.69, 9.17) is 5.73 Å². The van der Waals surface area contributed by atoms with Gasteiger partial charge in [-0.2, -0.15) is 0 Å². The first-order valence-corrected chi connectivity index (χ1v) is 14.7. The second kappa shape index (κ2) is 10.3. The Morgan fingerprint density at radius 3 is 2.29 bits per heavy atom. The van der Waals surface area contributed by atoms with Crippen molar-refractivity contribution in [3.8, 4) is 5.75 Å². The number of aliphatic hydroxyl groups is 4. The predicted molar refractivity (Wildman–Crippen MR) is 152 cm³/mol. The van der Waals surface area contributed by atoms with Crippen LogP contribution < -0.4 is 11.1 Å². The molecule has 0 radical (unpaired) electrons. The number of benzene rings is 1. The van der Waals surface area contributed by atoms with E-state index in [2.05, 4.69) is 5.32 Å². The van der Waals surface area contributed by atoms with Crippen LogP contribution in [0.15, 0.2) is 6.07 Å². The summed E-state index contributed by atoms with van der Waals surface area (Å²) in [6, 6.07) is 1.79. The lowest BCUT2D eigenvalue weighted by Gasteiger charge is -2.66. The lowest BCUT2D eigenvalue weighted by molar-refractivity contribution is -0.265. The molecule has 3 aliphatic rings. The van der Waals surface area contributed by atoms with Crippen molar-refractivity contribution in [3.05, 3.63) is 22.8 Å². The second-order valence-electron chi connectivity index (χ2n) is 13.8. The Kier molecular flexibility index (Phi) is 7.91. The molecular weight excluding hydrogens is 528 g/mol. The van der Waals surface area contributed by atoms with Gasteiger partial charge >= 0.3 is 0 Å². The number of phenols is 1. The maximum absolute atomic E-state index is 14.4. The Hall–Kier alpha value is -2.53. The van der Waals surface area contributed by atoms with Crippen LogP contribution in [0.25, 0.3) is 0 Å². The zero-order chi connectivity index (χ0) is 31.0. The zero-order valence-electron chi connectivity index (χ0n) is 25.1. The highest BCUT2D eigenvalue weighted by Crippen LogP contribution is 2.66. The van der Waals surface area contributed by atoms with Crippen molar-refractivity contribution >= 4 is 23.2 Å². The molecule has 2 saturated carbocycles. The molecule has 1 amide bonds. The van der Waals surface area contributed by atoms with Gasteiger partial charge in [0.2, 0.25) is 5.91 Å². The summed E-state index contributed by atoms with van der Waals surface area (Å²) in [7, 11) is 0. The van der Waals surface area contributed by atoms with E-state index in [1.54, 1.807) is 13.0 Å². The number of phenolic OH excluding ortho intramolecular Hbond substituents is 1. The van der Waals surface area contributed by atoms with Gasteiger partial charge in [0.1, 0.15) is 17.8 Å². The molecule has 41 heavy (non-hydrogen) atoms. The van der Waals surface area contributed by atoms with Crippen molar-refractivity contribution in [2.24, 2.45) is 40.2 Å². The van der Waals surface area contributed by atoms with Crippen LogP contribution in [0.5, 0.6) is 5.75 Å². The number of hydrogen-bond donors (Lipinski definition) is 7. The fourth-order valence-corrected chi connectivity index (χ4v) is 8.65. The highest BCUT2D eigenvalue weighted by molar-refractivity contribution is 6.09. The number of aromatic hydroxyl groups is 1. The summed E-state index contributed by atoms with van der Waals surface area (Å²) in [6.07, 6.45) is -3.19. The van der Waals surface area contributed by atoms with E-state index in [1.807, 2.05) is 41.5 Å². The lowest BCUT2D eigenvalue weighted by atomic mass is 9.39. The first-order valence-electron chi connectivity index (χ1n) is 14.7. The minimum absolute atomic E-state index is 0.0218. The number of primary amides is 1. The molecule has 1 aromatic carbocycles. The minimum Gasteiger partial charge on any atom is -0.505 e. The maximum atomic E-state index is 14.4. The van der Waals surface area contributed by atoms with Crippen LogP contribution in [0, 0.1) is 34.5 Å². The molecule has 0 saturated heterocycles. The Bertz CT molecular complexity index is 1260. The van der Waals surface area contributed by atoms with Crippen molar-refractivity contribution in [2.75, 3.05) is 11.9 Å². The summed E-state index contributed by atoms with van der Waals surface area (Å²) in [5.41, 5.74) is 2.39. The van der Waals surface area contributed by atoms with Crippen LogP contribution in [0.4, 0.5) is 5.69 Å². The number of aliphatic hydroxyl groups excluding tert-OH is 3. The van der Waals surface area contributed by atoms with Gasteiger partial charge in [0, 0.05) is 12.0 Å². The molecule has 8 N–H and O–H groups in total. The molecule has 0 bridgehead atoms. The number of Topliss-reactive ketones (excluding diaryl/α,β-unsaturated/α-hetero) is 2. The molecule has 4 rings (SSSR count). The van der Waals surface area contributed by atoms with Crippen LogP contribution >= 0.6 is 0 Å². The number of fused-ring (bicyclic) bond motifs is 3. The number of carbonyl (C=O) groups excluding carboxylic acids is 3. The third kappa shape index (κ3) is 4.32. The quantitative estimate of drug-likeness (QED) is 0.188. The maximum Gasteiger partial charge on any atom is 0.230 e. The molecule has 228 valence electrons. The Morgan fingerprint density at radius 1 is 1.17 bits per heavy atom. The third-order valence-corrected chi connectivity index (χ3v) is 10.4. The van der Waals surface area contributed by atoms with Gasteiger partial charge in [0.25, 0.3) is 0 Å². The normalized spacial score (nSPS) is 37.4. The summed E-state index contributed by atoms with van der Waals surface area (Å²) in [5, 5.41) is 59.9. The van der Waals surface area contributed by atoms with E-state index in [0.29, 0.717) is 12.0 Å². The van der Waals surface area contributed by atoms with Crippen molar-refractivity contribution in [1.82, 2.24) is 0 Å². The van der Waals surface area contributed by atoms with Gasteiger partial charge in [-0.1, -0.05) is 48.5 Å². The predicted octanol–water partition coefficient (Wildman–Crippen LogP) is 1.88. The molecule has 0 spiro atoms. The van der Waals surface area contributed by atoms with Gasteiger partial charge in [-0.25, -0.2) is 0 Å². The summed E-state index contributed by atoms with van der Waals surface area (Å²) in [6.45, 7) is 13.0. The van der Waals surface area contributed by atoms with E-state index in [9.17, 15) is 39.9 Å². The fraction of sp³-hybridized carbons (Fsp3) is 0.710. The highest BCUT2D eigenvalue weighted by atomic mass is 16.4. The highest BCUT2D eigenvalue weighted by Gasteiger charge is 2.76. The van der Waals surface area contributed by atoms with Crippen molar-refractivity contribution in [3.63, 3.8) is 0 Å². The number of hydrogen-bond acceptors (Lipinski definition) is 9. The molecule has 0 aliphatic heterocycles. The first-order chi connectivity index (χ1) is 18.9. The lowest BCUT2D eigenvalue weighted by Crippen LogP contribution is -2.79. The summed E-state index contributed by atoms with van der Waals surface area (Å²) in [5.74, 6) is -7.26. The molecule has 10 nitrogen and oxygen atoms in total. The third-order valence-electron chi connectivity index (χ3n) is 10.4. The van der Waals surface area contributed by atoms with E-state index in [0.717, 1.165) is 5.56 Å². The molecule has 9 atom stereocenters. The van der Waals surface area contributed by atoms with Gasteiger partial charge in [0.15, 0.2) is 17.2 Å². The van der Waals surface area contributed by atoms with E-state index in [-0.39, 0.29) is 48.2 Å². The van der Waals surface area contributed by atoms with Crippen molar-refractivity contribution in [1.29, 1.82) is 0 Å². The Labute approximate surface area is 241 Å². The molecule has 1 aromatic rings. The van der Waals surface area contributed by atoms with E-state index < -0.39 is 70.0 Å². The summed E-state index contributed by atoms with van der Waals surface area (Å²) in [4.78, 5) is 40.6.